The third kappa shape index (κ3) is 2.28. The van der Waals surface area contributed by atoms with Gasteiger partial charge in [-0.1, -0.05) is 29.3 Å². The van der Waals surface area contributed by atoms with Crippen LogP contribution >= 0.6 is 23.2 Å². The molecule has 3 N–H and O–H groups in total. The van der Waals surface area contributed by atoms with Crippen LogP contribution in [0.1, 0.15) is 10.4 Å². The molecule has 0 aliphatic rings. The number of aromatic amines is 1. The Morgan fingerprint density at radius 2 is 2.00 bits per heavy atom. The van der Waals surface area contributed by atoms with Gasteiger partial charge >= 0.3 is 0 Å². The molecule has 0 aliphatic carbocycles. The molecule has 1 amide bonds. The second-order valence-electron chi connectivity index (χ2n) is 4.32. The third-order valence-electron chi connectivity index (χ3n) is 2.98. The van der Waals surface area contributed by atoms with E-state index in [1.807, 2.05) is 0 Å². The fourth-order valence-corrected chi connectivity index (χ4v) is 2.26. The zero-order chi connectivity index (χ0) is 15.1. The molecule has 2 heterocycles. The molecule has 3 rings (SSSR count). The van der Waals surface area contributed by atoms with Crippen molar-refractivity contribution in [3.8, 4) is 11.3 Å². The molecule has 0 atom stereocenters. The lowest BCUT2D eigenvalue weighted by atomic mass is 10.1. The predicted molar refractivity (Wildman–Crippen MR) is 79.8 cm³/mol. The monoisotopic (exact) mass is 322 g/mol. The van der Waals surface area contributed by atoms with Gasteiger partial charge in [-0.05, 0) is 12.1 Å². The van der Waals surface area contributed by atoms with Crippen LogP contribution in [0.3, 0.4) is 0 Å². The van der Waals surface area contributed by atoms with Crippen LogP contribution in [-0.4, -0.2) is 20.5 Å². The Morgan fingerprint density at radius 1 is 1.24 bits per heavy atom. The summed E-state index contributed by atoms with van der Waals surface area (Å²) < 4.78 is 1.14. The van der Waals surface area contributed by atoms with E-state index < -0.39 is 5.91 Å². The molecular formula is C13H8Cl2N4O2. The van der Waals surface area contributed by atoms with E-state index in [1.165, 1.54) is 12.3 Å². The second kappa shape index (κ2) is 4.91. The first kappa shape index (κ1) is 13.7. The molecule has 1 aromatic carbocycles. The molecule has 0 saturated carbocycles. The number of fused-ring (bicyclic) bond motifs is 1. The summed E-state index contributed by atoms with van der Waals surface area (Å²) in [7, 11) is 0. The number of carbonyl (C=O) groups excluding carboxylic acids is 1. The Morgan fingerprint density at radius 3 is 2.67 bits per heavy atom. The van der Waals surface area contributed by atoms with E-state index >= 15 is 0 Å². The normalized spacial score (nSPS) is 11.0. The van der Waals surface area contributed by atoms with Crippen LogP contribution in [0, 0.1) is 0 Å². The summed E-state index contributed by atoms with van der Waals surface area (Å²) in [4.78, 5) is 27.7. The Labute approximate surface area is 128 Å². The van der Waals surface area contributed by atoms with Gasteiger partial charge in [0.2, 0.25) is 0 Å². The number of amides is 1. The molecule has 2 aromatic heterocycles. The van der Waals surface area contributed by atoms with Crippen molar-refractivity contribution in [2.24, 2.45) is 5.73 Å². The van der Waals surface area contributed by atoms with Gasteiger partial charge in [0.1, 0.15) is 5.56 Å². The van der Waals surface area contributed by atoms with Crippen molar-refractivity contribution in [1.82, 2.24) is 14.6 Å². The minimum Gasteiger partial charge on any atom is -0.365 e. The minimum atomic E-state index is -0.674. The summed E-state index contributed by atoms with van der Waals surface area (Å²) >= 11 is 11.8. The van der Waals surface area contributed by atoms with Crippen LogP contribution in [0.25, 0.3) is 16.9 Å². The fourth-order valence-electron chi connectivity index (χ4n) is 1.97. The van der Waals surface area contributed by atoms with Gasteiger partial charge in [-0.25, -0.2) is 9.50 Å². The van der Waals surface area contributed by atoms with Gasteiger partial charge in [-0.3, -0.25) is 14.7 Å². The molecule has 8 heteroatoms. The molecule has 3 aromatic rings. The maximum Gasteiger partial charge on any atom is 0.273 e. The van der Waals surface area contributed by atoms with Crippen LogP contribution in [0.15, 0.2) is 35.3 Å². The summed E-state index contributed by atoms with van der Waals surface area (Å²) in [6, 6.07) is 6.21. The predicted octanol–water partition coefficient (Wildman–Crippen LogP) is 2.10. The van der Waals surface area contributed by atoms with Gasteiger partial charge < -0.3 is 5.73 Å². The lowest BCUT2D eigenvalue weighted by molar-refractivity contribution is 0.100. The lowest BCUT2D eigenvalue weighted by Gasteiger charge is -2.03. The molecule has 0 spiro atoms. The molecule has 21 heavy (non-hydrogen) atoms. The highest BCUT2D eigenvalue weighted by atomic mass is 35.5. The Bertz CT molecular complexity index is 930. The van der Waals surface area contributed by atoms with E-state index in [2.05, 4.69) is 10.1 Å². The van der Waals surface area contributed by atoms with E-state index in [-0.39, 0.29) is 16.8 Å². The molecule has 0 bridgehead atoms. The summed E-state index contributed by atoms with van der Waals surface area (Å²) in [5.74, 6) is -0.674. The summed E-state index contributed by atoms with van der Waals surface area (Å²) in [5, 5.41) is 3.38. The van der Waals surface area contributed by atoms with E-state index in [0.717, 1.165) is 4.52 Å². The van der Waals surface area contributed by atoms with Crippen LogP contribution < -0.4 is 11.3 Å². The number of nitrogens with one attached hydrogen (secondary N) is 1. The number of H-pyrrole nitrogens is 1. The average molecular weight is 323 g/mol. The highest BCUT2D eigenvalue weighted by Crippen LogP contribution is 2.27. The first-order valence-corrected chi connectivity index (χ1v) is 6.59. The first-order valence-electron chi connectivity index (χ1n) is 5.84. The number of benzene rings is 1. The largest absolute Gasteiger partial charge is 0.365 e. The number of rotatable bonds is 2. The van der Waals surface area contributed by atoms with Crippen molar-refractivity contribution in [3.63, 3.8) is 0 Å². The van der Waals surface area contributed by atoms with Gasteiger partial charge in [0.15, 0.2) is 5.65 Å². The number of nitrogens with zero attached hydrogens (tertiary/aromatic N) is 2. The molecule has 0 aliphatic heterocycles. The van der Waals surface area contributed by atoms with Crippen molar-refractivity contribution >= 4 is 34.8 Å². The standard InChI is InChI=1S/C13H8Cl2N4O2/c14-8-2-1-6(3-9(8)15)10-4-11(20)19-13(18-10)7(5-17-19)12(16)21/h1-5,17H,(H2,16,21). The van der Waals surface area contributed by atoms with Crippen molar-refractivity contribution < 1.29 is 4.79 Å². The van der Waals surface area contributed by atoms with Crippen molar-refractivity contribution in [2.45, 2.75) is 0 Å². The van der Waals surface area contributed by atoms with Crippen molar-refractivity contribution in [1.29, 1.82) is 0 Å². The Balaban J connectivity index is 2.28. The third-order valence-corrected chi connectivity index (χ3v) is 3.72. The van der Waals surface area contributed by atoms with Gasteiger partial charge in [0, 0.05) is 17.8 Å². The smallest absolute Gasteiger partial charge is 0.273 e. The SMILES string of the molecule is NC(=O)c1c[nH]n2c(=O)cc(-c3ccc(Cl)c(Cl)c3)nc12. The lowest BCUT2D eigenvalue weighted by Crippen LogP contribution is -2.16. The fraction of sp³-hybridized carbons (Fsp3) is 0. The van der Waals surface area contributed by atoms with Gasteiger partial charge in [0.05, 0.1) is 15.7 Å². The molecule has 6 nitrogen and oxygen atoms in total. The number of primary amides is 1. The minimum absolute atomic E-state index is 0.133. The number of halogens is 2. The van der Waals surface area contributed by atoms with Gasteiger partial charge in [-0.2, -0.15) is 0 Å². The second-order valence-corrected chi connectivity index (χ2v) is 5.13. The first-order chi connectivity index (χ1) is 9.97. The van der Waals surface area contributed by atoms with Crippen LogP contribution in [0.4, 0.5) is 0 Å². The summed E-state index contributed by atoms with van der Waals surface area (Å²) in [6.45, 7) is 0. The van der Waals surface area contributed by atoms with E-state index in [4.69, 9.17) is 28.9 Å². The number of hydrogen-bond donors (Lipinski definition) is 2. The zero-order valence-electron chi connectivity index (χ0n) is 10.4. The molecule has 0 unspecified atom stereocenters. The molecule has 0 radical (unpaired) electrons. The number of hydrogen-bond acceptors (Lipinski definition) is 3. The highest BCUT2D eigenvalue weighted by molar-refractivity contribution is 6.42. The van der Waals surface area contributed by atoms with Crippen LogP contribution in [-0.2, 0) is 0 Å². The zero-order valence-corrected chi connectivity index (χ0v) is 11.9. The molecule has 0 fully saturated rings. The van der Waals surface area contributed by atoms with Crippen molar-refractivity contribution in [3.05, 3.63) is 56.4 Å². The Hall–Kier alpha value is -2.31. The molecule has 0 saturated heterocycles. The number of nitrogens with two attached hydrogens (primary N) is 1. The van der Waals surface area contributed by atoms with Crippen LogP contribution in [0.5, 0.6) is 0 Å². The Kier molecular flexibility index (Phi) is 3.19. The number of carbonyl (C=O) groups is 1. The van der Waals surface area contributed by atoms with E-state index in [0.29, 0.717) is 21.3 Å². The highest BCUT2D eigenvalue weighted by Gasteiger charge is 2.14. The maximum atomic E-state index is 12.0. The quantitative estimate of drug-likeness (QED) is 0.756. The maximum absolute atomic E-state index is 12.0. The number of aromatic nitrogens is 3. The summed E-state index contributed by atoms with van der Waals surface area (Å²) in [6.07, 6.45) is 1.34. The van der Waals surface area contributed by atoms with E-state index in [9.17, 15) is 9.59 Å². The topological polar surface area (TPSA) is 93.3 Å². The average Bonchev–Trinajstić information content (AvgIpc) is 2.86. The molecular weight excluding hydrogens is 315 g/mol. The summed E-state index contributed by atoms with van der Waals surface area (Å²) in [5.41, 5.74) is 6.17. The molecule has 106 valence electrons. The van der Waals surface area contributed by atoms with Gasteiger partial charge in [-0.15, -0.1) is 0 Å². The van der Waals surface area contributed by atoms with E-state index in [1.54, 1.807) is 18.2 Å². The van der Waals surface area contributed by atoms with Crippen LogP contribution in [0.2, 0.25) is 10.0 Å². The van der Waals surface area contributed by atoms with Crippen molar-refractivity contribution in [2.75, 3.05) is 0 Å². The van der Waals surface area contributed by atoms with Gasteiger partial charge in [0.25, 0.3) is 11.5 Å².